The lowest BCUT2D eigenvalue weighted by Gasteiger charge is -2.41. The van der Waals surface area contributed by atoms with Crippen LogP contribution >= 0.6 is 35.0 Å². The smallest absolute Gasteiger partial charge is 0.0468 e. The highest BCUT2D eigenvalue weighted by molar-refractivity contribution is 8.00. The molecule has 0 saturated heterocycles. The van der Waals surface area contributed by atoms with Gasteiger partial charge in [-0.05, 0) is 43.7 Å². The quantitative estimate of drug-likeness (QED) is 0.828. The predicted molar refractivity (Wildman–Crippen MR) is 83.0 cm³/mol. The van der Waals surface area contributed by atoms with Crippen LogP contribution in [0.3, 0.4) is 0 Å². The number of thioether (sulfide) groups is 1. The summed E-state index contributed by atoms with van der Waals surface area (Å²) < 4.78 is 0.452. The van der Waals surface area contributed by atoms with Gasteiger partial charge in [-0.1, -0.05) is 35.7 Å². The number of halogens is 2. The van der Waals surface area contributed by atoms with Crippen molar-refractivity contribution < 1.29 is 0 Å². The average molecular weight is 304 g/mol. The third kappa shape index (κ3) is 3.16. The molecule has 0 radical (unpaired) electrons. The molecule has 0 spiro atoms. The van der Waals surface area contributed by atoms with Gasteiger partial charge in [0.2, 0.25) is 0 Å². The minimum Gasteiger partial charge on any atom is -0.309 e. The highest BCUT2D eigenvalue weighted by atomic mass is 35.5. The van der Waals surface area contributed by atoms with Gasteiger partial charge in [0.15, 0.2) is 0 Å². The third-order valence-electron chi connectivity index (χ3n) is 3.86. The molecule has 1 N–H and O–H groups in total. The molecular weight excluding hydrogens is 285 g/mol. The number of hydrogen-bond donors (Lipinski definition) is 1. The normalized spacial score (nSPS) is 19.3. The summed E-state index contributed by atoms with van der Waals surface area (Å²) >= 11 is 14.1. The molecule has 1 atom stereocenters. The van der Waals surface area contributed by atoms with Gasteiger partial charge in [-0.15, -0.1) is 0 Å². The van der Waals surface area contributed by atoms with Gasteiger partial charge in [0.05, 0.1) is 0 Å². The van der Waals surface area contributed by atoms with Gasteiger partial charge >= 0.3 is 0 Å². The molecule has 0 aromatic heterocycles. The van der Waals surface area contributed by atoms with Gasteiger partial charge in [0.1, 0.15) is 0 Å². The van der Waals surface area contributed by atoms with E-state index in [1.165, 1.54) is 19.3 Å². The van der Waals surface area contributed by atoms with Crippen LogP contribution in [0.1, 0.15) is 37.8 Å². The van der Waals surface area contributed by atoms with Gasteiger partial charge in [-0.25, -0.2) is 0 Å². The fourth-order valence-electron chi connectivity index (χ4n) is 2.33. The van der Waals surface area contributed by atoms with Crippen LogP contribution in [0, 0.1) is 0 Å². The second-order valence-electron chi connectivity index (χ2n) is 5.01. The van der Waals surface area contributed by atoms with Crippen molar-refractivity contribution in [2.45, 2.75) is 37.0 Å². The van der Waals surface area contributed by atoms with Gasteiger partial charge in [-0.2, -0.15) is 11.8 Å². The largest absolute Gasteiger partial charge is 0.309 e. The molecule has 0 aliphatic heterocycles. The first-order valence-electron chi connectivity index (χ1n) is 6.30. The van der Waals surface area contributed by atoms with Crippen LogP contribution in [0.5, 0.6) is 0 Å². The van der Waals surface area contributed by atoms with Gasteiger partial charge < -0.3 is 5.32 Å². The van der Waals surface area contributed by atoms with Crippen LogP contribution in [0.25, 0.3) is 0 Å². The number of rotatable bonds is 5. The molecule has 18 heavy (non-hydrogen) atoms. The Morgan fingerprint density at radius 1 is 1.39 bits per heavy atom. The van der Waals surface area contributed by atoms with Crippen molar-refractivity contribution in [1.82, 2.24) is 5.32 Å². The van der Waals surface area contributed by atoms with E-state index in [1.807, 2.05) is 30.0 Å². The summed E-state index contributed by atoms with van der Waals surface area (Å²) in [6, 6.07) is 5.98. The summed E-state index contributed by atoms with van der Waals surface area (Å²) in [5.74, 6) is 0. The molecule has 1 aromatic carbocycles. The van der Waals surface area contributed by atoms with Gasteiger partial charge in [-0.3, -0.25) is 0 Å². The molecule has 1 aromatic rings. The second-order valence-corrected chi connectivity index (χ2v) is 7.13. The maximum absolute atomic E-state index is 6.23. The van der Waals surface area contributed by atoms with E-state index in [4.69, 9.17) is 23.2 Å². The van der Waals surface area contributed by atoms with E-state index in [2.05, 4.69) is 18.5 Å². The third-order valence-corrected chi connectivity index (χ3v) is 5.84. The first-order chi connectivity index (χ1) is 8.56. The molecule has 0 heterocycles. The fourth-order valence-corrected chi connectivity index (χ4v) is 3.82. The molecule has 1 fully saturated rings. The minimum absolute atomic E-state index is 0.263. The van der Waals surface area contributed by atoms with E-state index < -0.39 is 0 Å². The molecule has 1 aliphatic carbocycles. The van der Waals surface area contributed by atoms with Crippen molar-refractivity contribution >= 4 is 35.0 Å². The van der Waals surface area contributed by atoms with E-state index in [1.54, 1.807) is 0 Å². The predicted octanol–water partition coefficient (Wildman–Crippen LogP) is 4.93. The van der Waals surface area contributed by atoms with Crippen molar-refractivity contribution in [2.24, 2.45) is 0 Å². The molecule has 1 aliphatic rings. The van der Waals surface area contributed by atoms with E-state index >= 15 is 0 Å². The lowest BCUT2D eigenvalue weighted by molar-refractivity contribution is 0.334. The minimum atomic E-state index is 0.263. The van der Waals surface area contributed by atoms with Crippen LogP contribution in [0.4, 0.5) is 0 Å². The molecule has 0 amide bonds. The zero-order chi connectivity index (χ0) is 13.2. The molecule has 2 rings (SSSR count). The van der Waals surface area contributed by atoms with E-state index in [-0.39, 0.29) is 6.04 Å². The Kier molecular flexibility index (Phi) is 4.87. The second kappa shape index (κ2) is 6.04. The van der Waals surface area contributed by atoms with E-state index in [0.29, 0.717) is 9.77 Å². The van der Waals surface area contributed by atoms with Crippen molar-refractivity contribution in [2.75, 3.05) is 12.8 Å². The Balaban J connectivity index is 1.97. The summed E-state index contributed by atoms with van der Waals surface area (Å²) in [5, 5.41) is 5.04. The topological polar surface area (TPSA) is 12.0 Å². The van der Waals surface area contributed by atoms with Crippen LogP contribution in [-0.2, 0) is 0 Å². The lowest BCUT2D eigenvalue weighted by atomic mass is 9.84. The zero-order valence-corrected chi connectivity index (χ0v) is 13.1. The Bertz CT molecular complexity index is 413. The van der Waals surface area contributed by atoms with E-state index in [9.17, 15) is 0 Å². The van der Waals surface area contributed by atoms with Crippen LogP contribution in [0.2, 0.25) is 10.0 Å². The molecule has 1 nitrogen and oxygen atoms in total. The molecule has 4 heteroatoms. The highest BCUT2D eigenvalue weighted by Gasteiger charge is 2.36. The molecular formula is C14H19Cl2NS. The SMILES string of the molecule is CSC1(CNC(C)c2ccc(Cl)cc2Cl)CCC1. The molecule has 1 saturated carbocycles. The Labute approximate surface area is 124 Å². The Morgan fingerprint density at radius 3 is 2.61 bits per heavy atom. The fraction of sp³-hybridized carbons (Fsp3) is 0.571. The van der Waals surface area contributed by atoms with E-state index in [0.717, 1.165) is 17.1 Å². The van der Waals surface area contributed by atoms with Crippen molar-refractivity contribution in [3.05, 3.63) is 33.8 Å². The Hall–Kier alpha value is 0.110. The number of benzene rings is 1. The van der Waals surface area contributed by atoms with Crippen molar-refractivity contribution in [3.63, 3.8) is 0 Å². The van der Waals surface area contributed by atoms with Crippen LogP contribution < -0.4 is 5.32 Å². The average Bonchev–Trinajstić information content (AvgIpc) is 2.27. The van der Waals surface area contributed by atoms with Crippen molar-refractivity contribution in [1.29, 1.82) is 0 Å². The maximum atomic E-state index is 6.23. The summed E-state index contributed by atoms with van der Waals surface area (Å²) in [7, 11) is 0. The van der Waals surface area contributed by atoms with Gasteiger partial charge in [0.25, 0.3) is 0 Å². The maximum Gasteiger partial charge on any atom is 0.0468 e. The van der Waals surface area contributed by atoms with Crippen molar-refractivity contribution in [3.8, 4) is 0 Å². The Morgan fingerprint density at radius 2 is 2.11 bits per heavy atom. The highest BCUT2D eigenvalue weighted by Crippen LogP contribution is 2.42. The first-order valence-corrected chi connectivity index (χ1v) is 8.28. The molecule has 1 unspecified atom stereocenters. The summed E-state index contributed by atoms with van der Waals surface area (Å²) in [6.07, 6.45) is 6.21. The standard InChI is InChI=1S/C14H19Cl2NS/c1-10(12-5-4-11(15)8-13(12)16)17-9-14(18-2)6-3-7-14/h4-5,8,10,17H,3,6-7,9H2,1-2H3. The first kappa shape index (κ1) is 14.5. The molecule has 100 valence electrons. The zero-order valence-electron chi connectivity index (χ0n) is 10.8. The van der Waals surface area contributed by atoms with Crippen LogP contribution in [0.15, 0.2) is 18.2 Å². The molecule has 0 bridgehead atoms. The van der Waals surface area contributed by atoms with Crippen LogP contribution in [-0.4, -0.2) is 17.5 Å². The van der Waals surface area contributed by atoms with Gasteiger partial charge in [0, 0.05) is 27.4 Å². The number of nitrogens with one attached hydrogen (secondary N) is 1. The summed E-state index contributed by atoms with van der Waals surface area (Å²) in [6.45, 7) is 3.20. The number of hydrogen-bond acceptors (Lipinski definition) is 2. The lowest BCUT2D eigenvalue weighted by Crippen LogP contribution is -2.44. The monoisotopic (exact) mass is 303 g/mol. The summed E-state index contributed by atoms with van der Waals surface area (Å²) in [5.41, 5.74) is 1.12. The summed E-state index contributed by atoms with van der Waals surface area (Å²) in [4.78, 5) is 0.